The van der Waals surface area contributed by atoms with E-state index in [0.29, 0.717) is 15.5 Å². The van der Waals surface area contributed by atoms with Gasteiger partial charge in [0.15, 0.2) is 0 Å². The standard InChI is InChI=1S/C6H4BrCl2N/c7-6-5(9)2-1-4(3-8)10-6/h1-2H,3H2. The Bertz CT molecular complexity index is 239. The molecule has 0 bridgehead atoms. The summed E-state index contributed by atoms with van der Waals surface area (Å²) in [5, 5.41) is 0.605. The summed E-state index contributed by atoms with van der Waals surface area (Å²) >= 11 is 14.4. The molecular formula is C6H4BrCl2N. The molecule has 0 amide bonds. The highest BCUT2D eigenvalue weighted by Gasteiger charge is 1.98. The van der Waals surface area contributed by atoms with Gasteiger partial charge in [0.1, 0.15) is 4.60 Å². The average molecular weight is 241 g/mol. The van der Waals surface area contributed by atoms with E-state index in [0.717, 1.165) is 5.69 Å². The van der Waals surface area contributed by atoms with Gasteiger partial charge >= 0.3 is 0 Å². The highest BCUT2D eigenvalue weighted by Crippen LogP contribution is 2.19. The lowest BCUT2D eigenvalue weighted by molar-refractivity contribution is 1.14. The monoisotopic (exact) mass is 239 g/mol. The molecule has 10 heavy (non-hydrogen) atoms. The van der Waals surface area contributed by atoms with Crippen LogP contribution in [0.15, 0.2) is 16.7 Å². The molecule has 0 aromatic carbocycles. The Hall–Kier alpha value is 0.210. The predicted molar refractivity (Wildman–Crippen MR) is 46.5 cm³/mol. The van der Waals surface area contributed by atoms with Crippen molar-refractivity contribution in [3.63, 3.8) is 0 Å². The molecule has 0 aliphatic rings. The van der Waals surface area contributed by atoms with E-state index in [1.165, 1.54) is 0 Å². The Balaban J connectivity index is 3.04. The van der Waals surface area contributed by atoms with E-state index >= 15 is 0 Å². The lowest BCUT2D eigenvalue weighted by Gasteiger charge is -1.96. The van der Waals surface area contributed by atoms with Gasteiger partial charge in [-0.1, -0.05) is 11.6 Å². The number of alkyl halides is 1. The second-order valence-electron chi connectivity index (χ2n) is 1.71. The van der Waals surface area contributed by atoms with Gasteiger partial charge in [0.2, 0.25) is 0 Å². The molecule has 0 atom stereocenters. The van der Waals surface area contributed by atoms with E-state index in [-0.39, 0.29) is 0 Å². The topological polar surface area (TPSA) is 12.9 Å². The summed E-state index contributed by atoms with van der Waals surface area (Å²) in [5.74, 6) is 0.412. The lowest BCUT2D eigenvalue weighted by atomic mass is 10.4. The van der Waals surface area contributed by atoms with Crippen LogP contribution >= 0.6 is 39.1 Å². The van der Waals surface area contributed by atoms with E-state index in [1.807, 2.05) is 0 Å². The predicted octanol–water partition coefficient (Wildman–Crippen LogP) is 3.24. The maximum atomic E-state index is 5.69. The van der Waals surface area contributed by atoms with Crippen LogP contribution < -0.4 is 0 Å². The SMILES string of the molecule is ClCc1ccc(Cl)c(Br)n1. The van der Waals surface area contributed by atoms with Gasteiger partial charge < -0.3 is 0 Å². The third-order valence-corrected chi connectivity index (χ3v) is 2.41. The summed E-state index contributed by atoms with van der Waals surface area (Å²) in [5.41, 5.74) is 0.818. The van der Waals surface area contributed by atoms with Crippen LogP contribution in [0.5, 0.6) is 0 Å². The van der Waals surface area contributed by atoms with E-state index in [9.17, 15) is 0 Å². The minimum absolute atomic E-state index is 0.412. The van der Waals surface area contributed by atoms with E-state index in [1.54, 1.807) is 12.1 Å². The van der Waals surface area contributed by atoms with Gasteiger partial charge in [-0.3, -0.25) is 0 Å². The Morgan fingerprint density at radius 1 is 1.50 bits per heavy atom. The third kappa shape index (κ3) is 1.84. The van der Waals surface area contributed by atoms with Crippen molar-refractivity contribution in [2.75, 3.05) is 0 Å². The quantitative estimate of drug-likeness (QED) is 0.543. The number of rotatable bonds is 1. The molecule has 1 aromatic heterocycles. The fraction of sp³-hybridized carbons (Fsp3) is 0.167. The van der Waals surface area contributed by atoms with Gasteiger partial charge in [-0.05, 0) is 28.1 Å². The molecule has 0 spiro atoms. The van der Waals surface area contributed by atoms with Crippen LogP contribution in [-0.4, -0.2) is 4.98 Å². The summed E-state index contributed by atoms with van der Waals surface area (Å²) in [4.78, 5) is 4.04. The van der Waals surface area contributed by atoms with Crippen LogP contribution in [0.4, 0.5) is 0 Å². The second-order valence-corrected chi connectivity index (χ2v) is 3.13. The van der Waals surface area contributed by atoms with Crippen molar-refractivity contribution in [3.8, 4) is 0 Å². The van der Waals surface area contributed by atoms with E-state index in [4.69, 9.17) is 23.2 Å². The maximum absolute atomic E-state index is 5.69. The first-order valence-electron chi connectivity index (χ1n) is 2.61. The van der Waals surface area contributed by atoms with Crippen LogP contribution in [0.2, 0.25) is 5.02 Å². The molecule has 0 N–H and O–H groups in total. The lowest BCUT2D eigenvalue weighted by Crippen LogP contribution is -1.84. The first-order valence-corrected chi connectivity index (χ1v) is 4.31. The third-order valence-electron chi connectivity index (χ3n) is 0.998. The Labute approximate surface area is 77.5 Å². The van der Waals surface area contributed by atoms with Crippen LogP contribution in [0, 0.1) is 0 Å². The van der Waals surface area contributed by atoms with Gasteiger partial charge in [0, 0.05) is 0 Å². The Kier molecular flexibility index (Phi) is 2.96. The number of aromatic nitrogens is 1. The number of hydrogen-bond donors (Lipinski definition) is 0. The number of halogens is 3. The second kappa shape index (κ2) is 3.56. The Morgan fingerprint density at radius 3 is 2.70 bits per heavy atom. The number of nitrogens with zero attached hydrogens (tertiary/aromatic N) is 1. The molecule has 0 saturated carbocycles. The number of hydrogen-bond acceptors (Lipinski definition) is 1. The van der Waals surface area contributed by atoms with E-state index in [2.05, 4.69) is 20.9 Å². The molecule has 0 aliphatic heterocycles. The molecule has 1 heterocycles. The average Bonchev–Trinajstić information content (AvgIpc) is 1.95. The van der Waals surface area contributed by atoms with Gasteiger partial charge in [-0.2, -0.15) is 0 Å². The van der Waals surface area contributed by atoms with Crippen molar-refractivity contribution in [1.29, 1.82) is 0 Å². The minimum Gasteiger partial charge on any atom is -0.243 e. The molecule has 1 rings (SSSR count). The van der Waals surface area contributed by atoms with Gasteiger partial charge in [0.05, 0.1) is 16.6 Å². The molecule has 0 aliphatic carbocycles. The van der Waals surface area contributed by atoms with Crippen molar-refractivity contribution >= 4 is 39.1 Å². The zero-order valence-corrected chi connectivity index (χ0v) is 8.04. The van der Waals surface area contributed by atoms with Crippen LogP contribution in [-0.2, 0) is 5.88 Å². The van der Waals surface area contributed by atoms with Gasteiger partial charge in [-0.15, -0.1) is 11.6 Å². The van der Waals surface area contributed by atoms with E-state index < -0.39 is 0 Å². The van der Waals surface area contributed by atoms with Crippen LogP contribution in [0.25, 0.3) is 0 Å². The molecule has 1 nitrogen and oxygen atoms in total. The van der Waals surface area contributed by atoms with Crippen molar-refractivity contribution < 1.29 is 0 Å². The highest BCUT2D eigenvalue weighted by atomic mass is 79.9. The molecule has 4 heteroatoms. The molecule has 0 saturated heterocycles. The summed E-state index contributed by atoms with van der Waals surface area (Å²) in [7, 11) is 0. The zero-order valence-electron chi connectivity index (χ0n) is 4.94. The summed E-state index contributed by atoms with van der Waals surface area (Å²) in [6.07, 6.45) is 0. The van der Waals surface area contributed by atoms with Crippen molar-refractivity contribution in [2.45, 2.75) is 5.88 Å². The first-order chi connectivity index (χ1) is 4.74. The largest absolute Gasteiger partial charge is 0.243 e. The normalized spacial score (nSPS) is 9.90. The molecule has 54 valence electrons. The minimum atomic E-state index is 0.412. The van der Waals surface area contributed by atoms with Gasteiger partial charge in [-0.25, -0.2) is 4.98 Å². The molecule has 1 aromatic rings. The fourth-order valence-electron chi connectivity index (χ4n) is 0.529. The van der Waals surface area contributed by atoms with Crippen LogP contribution in [0.3, 0.4) is 0 Å². The summed E-state index contributed by atoms with van der Waals surface area (Å²) < 4.78 is 0.646. The van der Waals surface area contributed by atoms with Crippen molar-refractivity contribution in [2.24, 2.45) is 0 Å². The summed E-state index contributed by atoms with van der Waals surface area (Å²) in [6.45, 7) is 0. The molecular weight excluding hydrogens is 237 g/mol. The smallest absolute Gasteiger partial charge is 0.125 e. The maximum Gasteiger partial charge on any atom is 0.125 e. The molecule has 0 radical (unpaired) electrons. The molecule has 0 fully saturated rings. The fourth-order valence-corrected chi connectivity index (χ4v) is 1.14. The highest BCUT2D eigenvalue weighted by molar-refractivity contribution is 9.10. The van der Waals surface area contributed by atoms with Gasteiger partial charge in [0.25, 0.3) is 0 Å². The van der Waals surface area contributed by atoms with Crippen LogP contribution in [0.1, 0.15) is 5.69 Å². The number of pyridine rings is 1. The molecule has 0 unspecified atom stereocenters. The van der Waals surface area contributed by atoms with Crippen molar-refractivity contribution in [1.82, 2.24) is 4.98 Å². The Morgan fingerprint density at radius 2 is 2.20 bits per heavy atom. The zero-order chi connectivity index (χ0) is 7.56. The first kappa shape index (κ1) is 8.31. The summed E-state index contributed by atoms with van der Waals surface area (Å²) in [6, 6.07) is 3.55. The van der Waals surface area contributed by atoms with Crippen molar-refractivity contribution in [3.05, 3.63) is 27.5 Å².